The van der Waals surface area contributed by atoms with Gasteiger partial charge in [0.05, 0.1) is 0 Å². The molecule has 0 bridgehead atoms. The summed E-state index contributed by atoms with van der Waals surface area (Å²) in [6.45, 7) is 30.9. The molecule has 288 valence electrons. The third-order valence-corrected chi connectivity index (χ3v) is 17.8. The molecule has 0 saturated carbocycles. The van der Waals surface area contributed by atoms with E-state index in [0.29, 0.717) is 0 Å². The van der Waals surface area contributed by atoms with Crippen LogP contribution in [0.25, 0.3) is 0 Å². The van der Waals surface area contributed by atoms with Gasteiger partial charge in [-0.1, -0.05) is 173 Å². The van der Waals surface area contributed by atoms with Gasteiger partial charge in [0, 0.05) is 34.1 Å². The van der Waals surface area contributed by atoms with Crippen molar-refractivity contribution in [3.8, 4) is 0 Å². The number of nitrogens with zero attached hydrogens (tertiary/aromatic N) is 2. The van der Waals surface area contributed by atoms with Gasteiger partial charge in [-0.05, 0) is 114 Å². The predicted molar refractivity (Wildman–Crippen MR) is 252 cm³/mol. The number of hydrogen-bond donors (Lipinski definition) is 0. The lowest BCUT2D eigenvalue weighted by Crippen LogP contribution is -2.83. The van der Waals surface area contributed by atoms with Gasteiger partial charge in [0.1, 0.15) is 8.07 Å². The van der Waals surface area contributed by atoms with Gasteiger partial charge in [0.25, 0.3) is 6.71 Å². The second kappa shape index (κ2) is 12.4. The Labute approximate surface area is 344 Å². The third-order valence-electron chi connectivity index (χ3n) is 13.3. The van der Waals surface area contributed by atoms with Gasteiger partial charge in [-0.2, -0.15) is 0 Å². The van der Waals surface area contributed by atoms with Crippen LogP contribution >= 0.6 is 0 Å². The molecule has 3 aliphatic rings. The van der Waals surface area contributed by atoms with E-state index in [2.05, 4.69) is 221 Å². The average Bonchev–Trinajstić information content (AvgIpc) is 3.15. The fraction of sp³-hybridized carbons (Fsp3) is 0.321. The van der Waals surface area contributed by atoms with Crippen molar-refractivity contribution in [3.63, 3.8) is 0 Å². The molecule has 0 saturated heterocycles. The standard InChI is InChI=1S/C53H59BN2Si/c1-50(2,3)34-25-27-38(28-26-34)55-41-21-17-22-42-47(41)54-48-43(56(42)39-30-35(51(4,5)6)29-36(31-39)52(7,8)9)23-18-24-45(48)57(13,40-19-15-14-16-20-40)46-33-37(53(10,11)12)32-44(55)49(46)54/h14-33H,1-13H3. The van der Waals surface area contributed by atoms with E-state index in [1.165, 1.54) is 83.1 Å². The van der Waals surface area contributed by atoms with Gasteiger partial charge in [0.15, 0.2) is 0 Å². The summed E-state index contributed by atoms with van der Waals surface area (Å²) in [5, 5.41) is 4.56. The Morgan fingerprint density at radius 2 is 0.860 bits per heavy atom. The monoisotopic (exact) mass is 762 g/mol. The van der Waals surface area contributed by atoms with E-state index in [0.717, 1.165) is 0 Å². The molecule has 3 aliphatic heterocycles. The first-order chi connectivity index (χ1) is 26.7. The molecule has 6 aromatic rings. The zero-order chi connectivity index (χ0) is 40.6. The number of anilines is 6. The highest BCUT2D eigenvalue weighted by Gasteiger charge is 2.54. The fourth-order valence-corrected chi connectivity index (χ4v) is 14.1. The minimum Gasteiger partial charge on any atom is -0.311 e. The Morgan fingerprint density at radius 3 is 1.40 bits per heavy atom. The van der Waals surface area contributed by atoms with E-state index < -0.39 is 8.07 Å². The SMILES string of the molecule is CC(C)(C)c1ccc(N2c3cccc4c3B3c5c(cccc5[Si](C)(c5ccccc5)c5cc(C(C)(C)C)cc2c53)N4c2cc(C(C)(C)C)cc(C(C)(C)C)c2)cc1. The van der Waals surface area contributed by atoms with E-state index in [9.17, 15) is 0 Å². The smallest absolute Gasteiger partial charge is 0.251 e. The molecule has 0 aliphatic carbocycles. The van der Waals surface area contributed by atoms with Crippen LogP contribution in [0, 0.1) is 0 Å². The third kappa shape index (κ3) is 5.72. The van der Waals surface area contributed by atoms with Crippen LogP contribution in [0.15, 0.2) is 121 Å². The molecular weight excluding hydrogens is 703 g/mol. The topological polar surface area (TPSA) is 6.48 Å². The first-order valence-electron chi connectivity index (χ1n) is 21.1. The lowest BCUT2D eigenvalue weighted by Gasteiger charge is -2.51. The van der Waals surface area contributed by atoms with E-state index in [1.54, 1.807) is 5.19 Å². The minimum atomic E-state index is -2.57. The molecule has 1 atom stereocenters. The van der Waals surface area contributed by atoms with Crippen LogP contribution in [0.3, 0.4) is 0 Å². The highest BCUT2D eigenvalue weighted by Crippen LogP contribution is 2.47. The maximum Gasteiger partial charge on any atom is 0.251 e. The Kier molecular flexibility index (Phi) is 8.18. The lowest BCUT2D eigenvalue weighted by atomic mass is 9.33. The van der Waals surface area contributed by atoms with Crippen LogP contribution in [0.2, 0.25) is 6.55 Å². The van der Waals surface area contributed by atoms with Crippen LogP contribution in [-0.4, -0.2) is 14.8 Å². The summed E-state index contributed by atoms with van der Waals surface area (Å²) in [5.41, 5.74) is 17.6. The van der Waals surface area contributed by atoms with Crippen molar-refractivity contribution in [2.24, 2.45) is 0 Å². The van der Waals surface area contributed by atoms with Crippen LogP contribution in [0.4, 0.5) is 34.1 Å². The van der Waals surface area contributed by atoms with Crippen LogP contribution in [0.5, 0.6) is 0 Å². The van der Waals surface area contributed by atoms with Gasteiger partial charge < -0.3 is 9.80 Å². The Bertz CT molecular complexity index is 2550. The molecule has 0 aromatic heterocycles. The largest absolute Gasteiger partial charge is 0.311 e. The van der Waals surface area contributed by atoms with Crippen LogP contribution in [-0.2, 0) is 21.7 Å². The second-order valence-corrected chi connectivity index (χ2v) is 25.2. The molecule has 6 aromatic carbocycles. The summed E-state index contributed by atoms with van der Waals surface area (Å²) in [4.78, 5) is 5.26. The lowest BCUT2D eigenvalue weighted by molar-refractivity contribution is 0.569. The van der Waals surface area contributed by atoms with Crippen molar-refractivity contribution in [2.75, 3.05) is 9.80 Å². The Morgan fingerprint density at radius 1 is 0.386 bits per heavy atom. The van der Waals surface area contributed by atoms with E-state index in [4.69, 9.17) is 0 Å². The molecule has 0 amide bonds. The van der Waals surface area contributed by atoms with Crippen LogP contribution in [0.1, 0.15) is 105 Å². The van der Waals surface area contributed by atoms with E-state index in [-0.39, 0.29) is 28.4 Å². The predicted octanol–water partition coefficient (Wildman–Crippen LogP) is 10.4. The van der Waals surface area contributed by atoms with Gasteiger partial charge in [0.2, 0.25) is 0 Å². The molecule has 0 spiro atoms. The molecule has 0 N–H and O–H groups in total. The molecule has 4 heteroatoms. The summed E-state index contributed by atoms with van der Waals surface area (Å²) in [7, 11) is -2.57. The van der Waals surface area contributed by atoms with Gasteiger partial charge in [-0.25, -0.2) is 0 Å². The van der Waals surface area contributed by atoms with Crippen molar-refractivity contribution in [1.29, 1.82) is 0 Å². The number of hydrogen-bond acceptors (Lipinski definition) is 2. The van der Waals surface area contributed by atoms with Crippen LogP contribution < -0.4 is 41.7 Å². The van der Waals surface area contributed by atoms with E-state index in [1.807, 2.05) is 0 Å². The fourth-order valence-electron chi connectivity index (χ4n) is 9.88. The summed E-state index contributed by atoms with van der Waals surface area (Å²) in [6, 6.07) is 47.9. The normalized spacial score (nSPS) is 17.2. The molecular formula is C53H59BN2Si. The minimum absolute atomic E-state index is 0.00597. The molecule has 0 fully saturated rings. The van der Waals surface area contributed by atoms with Gasteiger partial charge in [-0.3, -0.25) is 0 Å². The van der Waals surface area contributed by atoms with Crippen molar-refractivity contribution in [2.45, 2.75) is 111 Å². The molecule has 3 heterocycles. The van der Waals surface area contributed by atoms with Gasteiger partial charge >= 0.3 is 0 Å². The maximum atomic E-state index is 2.64. The quantitative estimate of drug-likeness (QED) is 0.165. The zero-order valence-electron chi connectivity index (χ0n) is 36.5. The Balaban J connectivity index is 1.44. The first kappa shape index (κ1) is 37.8. The maximum absolute atomic E-state index is 2.64. The van der Waals surface area contributed by atoms with Crippen molar-refractivity contribution in [1.82, 2.24) is 0 Å². The van der Waals surface area contributed by atoms with Gasteiger partial charge in [-0.15, -0.1) is 0 Å². The summed E-state index contributed by atoms with van der Waals surface area (Å²) in [6.07, 6.45) is 0. The second-order valence-electron chi connectivity index (χ2n) is 21.3. The number of benzene rings is 6. The molecule has 57 heavy (non-hydrogen) atoms. The van der Waals surface area contributed by atoms with Crippen molar-refractivity contribution in [3.05, 3.63) is 144 Å². The molecule has 1 unspecified atom stereocenters. The van der Waals surface area contributed by atoms with E-state index >= 15 is 0 Å². The average molecular weight is 763 g/mol. The van der Waals surface area contributed by atoms with Crippen molar-refractivity contribution >= 4 is 80.9 Å². The molecule has 2 nitrogen and oxygen atoms in total. The summed E-state index contributed by atoms with van der Waals surface area (Å²) >= 11 is 0. The summed E-state index contributed by atoms with van der Waals surface area (Å²) < 4.78 is 0. The molecule has 0 radical (unpaired) electrons. The first-order valence-corrected chi connectivity index (χ1v) is 23.6. The zero-order valence-corrected chi connectivity index (χ0v) is 37.5. The highest BCUT2D eigenvalue weighted by molar-refractivity contribution is 7.21. The highest BCUT2D eigenvalue weighted by atomic mass is 28.3. The summed E-state index contributed by atoms with van der Waals surface area (Å²) in [5.74, 6) is 0. The number of rotatable bonds is 3. The molecule has 9 rings (SSSR count). The van der Waals surface area contributed by atoms with Crippen molar-refractivity contribution < 1.29 is 0 Å². The Hall–Kier alpha value is -4.80.